The predicted octanol–water partition coefficient (Wildman–Crippen LogP) is 2.98. The number of nitrogen functional groups attached to an aromatic ring is 1. The molecule has 1 fully saturated rings. The highest BCUT2D eigenvalue weighted by Crippen LogP contribution is 2.30. The number of hydrogen-bond acceptors (Lipinski definition) is 9. The minimum atomic E-state index is 0.232. The summed E-state index contributed by atoms with van der Waals surface area (Å²) in [6.07, 6.45) is 9.11. The van der Waals surface area contributed by atoms with Gasteiger partial charge in [0.25, 0.3) is 0 Å². The Kier molecular flexibility index (Phi) is 6.40. The second-order valence-electron chi connectivity index (χ2n) is 8.86. The average molecular weight is 494 g/mol. The maximum atomic E-state index is 5.73. The fraction of sp³-hybridized carbons (Fsp3) is 0.222. The van der Waals surface area contributed by atoms with Crippen molar-refractivity contribution in [2.24, 2.45) is 0 Å². The van der Waals surface area contributed by atoms with Crippen molar-refractivity contribution in [1.29, 1.82) is 0 Å². The van der Waals surface area contributed by atoms with Crippen molar-refractivity contribution < 1.29 is 4.74 Å². The van der Waals surface area contributed by atoms with E-state index in [0.29, 0.717) is 19.2 Å². The van der Waals surface area contributed by atoms with Crippen LogP contribution in [0.4, 0.5) is 11.9 Å². The number of nitrogens with one attached hydrogen (secondary N) is 1. The lowest BCUT2D eigenvalue weighted by Gasteiger charge is -2.27. The third-order valence-electron chi connectivity index (χ3n) is 6.37. The molecule has 0 spiro atoms. The second kappa shape index (κ2) is 10.3. The zero-order chi connectivity index (χ0) is 25.0. The standard InChI is InChI=1S/C27H27N9O/c28-26-31-17-21(18-32-26)24-23-7-9-36(25(23)34-27(33-24)35-10-12-37-13-11-35)22-5-3-19(4-6-22)14-30-16-20-2-1-8-29-15-20/h1-9,15,17-18,30H,10-14,16H2,(H2,28,31,32). The molecule has 1 aliphatic rings. The summed E-state index contributed by atoms with van der Waals surface area (Å²) in [4.78, 5) is 24.6. The summed E-state index contributed by atoms with van der Waals surface area (Å²) in [5.74, 6) is 0.897. The molecule has 0 unspecified atom stereocenters. The summed E-state index contributed by atoms with van der Waals surface area (Å²) < 4.78 is 7.63. The Morgan fingerprint density at radius 1 is 0.892 bits per heavy atom. The van der Waals surface area contributed by atoms with Crippen LogP contribution in [0.1, 0.15) is 11.1 Å². The third-order valence-corrected chi connectivity index (χ3v) is 6.37. The van der Waals surface area contributed by atoms with E-state index in [1.54, 1.807) is 18.6 Å². The van der Waals surface area contributed by atoms with Crippen LogP contribution in [-0.2, 0) is 17.8 Å². The fourth-order valence-electron chi connectivity index (χ4n) is 4.42. The Morgan fingerprint density at radius 2 is 1.68 bits per heavy atom. The van der Waals surface area contributed by atoms with Crippen LogP contribution in [-0.4, -0.2) is 55.8 Å². The molecule has 186 valence electrons. The first kappa shape index (κ1) is 23.0. The molecule has 1 saturated heterocycles. The van der Waals surface area contributed by atoms with Gasteiger partial charge in [-0.15, -0.1) is 0 Å². The third kappa shape index (κ3) is 4.97. The Balaban J connectivity index is 1.31. The van der Waals surface area contributed by atoms with Crippen molar-refractivity contribution in [2.45, 2.75) is 13.1 Å². The molecule has 0 aliphatic carbocycles. The van der Waals surface area contributed by atoms with E-state index in [0.717, 1.165) is 59.7 Å². The van der Waals surface area contributed by atoms with Crippen LogP contribution < -0.4 is 16.0 Å². The molecule has 5 heterocycles. The largest absolute Gasteiger partial charge is 0.378 e. The minimum absolute atomic E-state index is 0.232. The number of nitrogens with two attached hydrogens (primary N) is 1. The van der Waals surface area contributed by atoms with Gasteiger partial charge in [0.1, 0.15) is 0 Å². The van der Waals surface area contributed by atoms with E-state index < -0.39 is 0 Å². The van der Waals surface area contributed by atoms with Crippen molar-refractivity contribution in [1.82, 2.24) is 34.8 Å². The van der Waals surface area contributed by atoms with Crippen LogP contribution in [0.3, 0.4) is 0 Å². The summed E-state index contributed by atoms with van der Waals surface area (Å²) in [6.45, 7) is 4.33. The molecule has 10 nitrogen and oxygen atoms in total. The number of morpholine rings is 1. The van der Waals surface area contributed by atoms with E-state index in [2.05, 4.69) is 60.1 Å². The van der Waals surface area contributed by atoms with E-state index in [1.807, 2.05) is 24.5 Å². The number of pyridine rings is 1. The van der Waals surface area contributed by atoms with Crippen LogP contribution >= 0.6 is 0 Å². The van der Waals surface area contributed by atoms with Crippen molar-refractivity contribution in [3.05, 3.63) is 84.6 Å². The smallest absolute Gasteiger partial charge is 0.228 e. The lowest BCUT2D eigenvalue weighted by atomic mass is 10.1. The summed E-state index contributed by atoms with van der Waals surface area (Å²) in [5, 5.41) is 4.40. The summed E-state index contributed by atoms with van der Waals surface area (Å²) in [5.41, 5.74) is 11.5. The van der Waals surface area contributed by atoms with Gasteiger partial charge in [-0.05, 0) is 35.4 Å². The molecule has 5 aromatic rings. The number of anilines is 2. The fourth-order valence-corrected chi connectivity index (χ4v) is 4.42. The molecule has 3 N–H and O–H groups in total. The highest BCUT2D eigenvalue weighted by atomic mass is 16.5. The topological polar surface area (TPSA) is 120 Å². The van der Waals surface area contributed by atoms with Gasteiger partial charge < -0.3 is 25.3 Å². The average Bonchev–Trinajstić information content (AvgIpc) is 3.39. The van der Waals surface area contributed by atoms with Crippen LogP contribution in [0, 0.1) is 0 Å². The molecule has 6 rings (SSSR count). The number of nitrogens with zero attached hydrogens (tertiary/aromatic N) is 7. The molecule has 0 radical (unpaired) electrons. The van der Waals surface area contributed by atoms with Gasteiger partial charge in [-0.25, -0.2) is 15.0 Å². The lowest BCUT2D eigenvalue weighted by Crippen LogP contribution is -2.37. The highest BCUT2D eigenvalue weighted by molar-refractivity contribution is 5.92. The maximum Gasteiger partial charge on any atom is 0.228 e. The first-order chi connectivity index (χ1) is 18.2. The molecule has 0 amide bonds. The Morgan fingerprint density at radius 3 is 2.43 bits per heavy atom. The molecule has 0 bridgehead atoms. The second-order valence-corrected chi connectivity index (χ2v) is 8.86. The maximum absolute atomic E-state index is 5.73. The molecule has 4 aromatic heterocycles. The minimum Gasteiger partial charge on any atom is -0.378 e. The van der Waals surface area contributed by atoms with Gasteiger partial charge in [-0.1, -0.05) is 18.2 Å². The first-order valence-corrected chi connectivity index (χ1v) is 12.2. The van der Waals surface area contributed by atoms with Gasteiger partial charge in [-0.3, -0.25) is 4.98 Å². The van der Waals surface area contributed by atoms with Gasteiger partial charge in [0.15, 0.2) is 5.65 Å². The molecular weight excluding hydrogens is 466 g/mol. The van der Waals surface area contributed by atoms with Crippen LogP contribution in [0.5, 0.6) is 0 Å². The zero-order valence-corrected chi connectivity index (χ0v) is 20.3. The predicted molar refractivity (Wildman–Crippen MR) is 142 cm³/mol. The lowest BCUT2D eigenvalue weighted by molar-refractivity contribution is 0.122. The number of benzene rings is 1. The van der Waals surface area contributed by atoms with Crippen molar-refractivity contribution >= 4 is 22.9 Å². The summed E-state index contributed by atoms with van der Waals surface area (Å²) in [7, 11) is 0. The van der Waals surface area contributed by atoms with Gasteiger partial charge in [0.2, 0.25) is 11.9 Å². The quantitative estimate of drug-likeness (QED) is 0.352. The molecule has 0 atom stereocenters. The highest BCUT2D eigenvalue weighted by Gasteiger charge is 2.20. The molecule has 37 heavy (non-hydrogen) atoms. The first-order valence-electron chi connectivity index (χ1n) is 12.2. The van der Waals surface area contributed by atoms with Gasteiger partial charge >= 0.3 is 0 Å². The number of fused-ring (bicyclic) bond motifs is 1. The van der Waals surface area contributed by atoms with Crippen molar-refractivity contribution in [2.75, 3.05) is 36.9 Å². The van der Waals surface area contributed by atoms with Crippen LogP contribution in [0.2, 0.25) is 0 Å². The molecule has 1 aromatic carbocycles. The van der Waals surface area contributed by atoms with Crippen LogP contribution in [0.25, 0.3) is 28.0 Å². The Hall–Kier alpha value is -4.41. The van der Waals surface area contributed by atoms with Crippen molar-refractivity contribution in [3.63, 3.8) is 0 Å². The van der Waals surface area contributed by atoms with Gasteiger partial charge in [0, 0.05) is 73.8 Å². The van der Waals surface area contributed by atoms with Gasteiger partial charge in [0.05, 0.1) is 18.9 Å². The number of aromatic nitrogens is 6. The van der Waals surface area contributed by atoms with Crippen molar-refractivity contribution in [3.8, 4) is 16.9 Å². The molecule has 1 aliphatic heterocycles. The molecule has 0 saturated carbocycles. The number of rotatable bonds is 7. The summed E-state index contributed by atoms with van der Waals surface area (Å²) >= 11 is 0. The van der Waals surface area contributed by atoms with E-state index >= 15 is 0 Å². The zero-order valence-electron chi connectivity index (χ0n) is 20.3. The van der Waals surface area contributed by atoms with E-state index in [1.165, 1.54) is 5.56 Å². The Bertz CT molecular complexity index is 1480. The number of ether oxygens (including phenoxy) is 1. The van der Waals surface area contributed by atoms with Gasteiger partial charge in [-0.2, -0.15) is 4.98 Å². The molecular formula is C27H27N9O. The summed E-state index contributed by atoms with van der Waals surface area (Å²) in [6, 6.07) is 14.6. The van der Waals surface area contributed by atoms with E-state index in [9.17, 15) is 0 Å². The van der Waals surface area contributed by atoms with E-state index in [-0.39, 0.29) is 5.95 Å². The van der Waals surface area contributed by atoms with E-state index in [4.69, 9.17) is 20.4 Å². The monoisotopic (exact) mass is 493 g/mol. The Labute approximate surface area is 214 Å². The normalized spacial score (nSPS) is 13.8. The number of hydrogen-bond donors (Lipinski definition) is 2. The SMILES string of the molecule is Nc1ncc(-c2nc(N3CCOCC3)nc3c2ccn3-c2ccc(CNCc3cccnc3)cc2)cn1. The molecule has 10 heteroatoms. The van der Waals surface area contributed by atoms with Crippen LogP contribution in [0.15, 0.2) is 73.4 Å².